The van der Waals surface area contributed by atoms with Crippen LogP contribution < -0.4 is 0 Å². The van der Waals surface area contributed by atoms with Crippen molar-refractivity contribution in [3.05, 3.63) is 34.4 Å². The maximum atomic E-state index is 9.75. The molecule has 2 aromatic rings. The van der Waals surface area contributed by atoms with Gasteiger partial charge >= 0.3 is 0 Å². The van der Waals surface area contributed by atoms with E-state index in [9.17, 15) is 5.11 Å². The minimum atomic E-state index is 0.267. The van der Waals surface area contributed by atoms with Crippen molar-refractivity contribution in [3.8, 4) is 5.75 Å². The van der Waals surface area contributed by atoms with Crippen molar-refractivity contribution < 1.29 is 5.11 Å². The Kier molecular flexibility index (Phi) is 1.96. The molecule has 0 radical (unpaired) electrons. The maximum absolute atomic E-state index is 9.75. The lowest BCUT2D eigenvalue weighted by atomic mass is 10.2. The van der Waals surface area contributed by atoms with Gasteiger partial charge in [-0.15, -0.1) is 0 Å². The van der Waals surface area contributed by atoms with Gasteiger partial charge in [0.05, 0.1) is 15.7 Å². The van der Waals surface area contributed by atoms with Gasteiger partial charge in [0.15, 0.2) is 0 Å². The van der Waals surface area contributed by atoms with Crippen molar-refractivity contribution in [1.82, 2.24) is 4.98 Å². The van der Waals surface area contributed by atoms with E-state index < -0.39 is 0 Å². The highest BCUT2D eigenvalue weighted by Gasteiger charge is 2.07. The second-order valence-electron chi connectivity index (χ2n) is 2.88. The number of hydrogen-bond donors (Lipinski definition) is 1. The Balaban J connectivity index is 2.94. The first-order valence-corrected chi connectivity index (χ1v) is 4.73. The Morgan fingerprint density at radius 1 is 1.31 bits per heavy atom. The predicted molar refractivity (Wildman–Crippen MR) is 55.8 cm³/mol. The van der Waals surface area contributed by atoms with Gasteiger partial charge in [0.25, 0.3) is 0 Å². The SMILES string of the molecule is Cc1nc2ccccc2c(O)c1Br. The van der Waals surface area contributed by atoms with Crippen LogP contribution in [0.3, 0.4) is 0 Å². The van der Waals surface area contributed by atoms with Crippen molar-refractivity contribution in [2.45, 2.75) is 6.92 Å². The Hall–Kier alpha value is -1.09. The van der Waals surface area contributed by atoms with Gasteiger partial charge in [-0.1, -0.05) is 12.1 Å². The Morgan fingerprint density at radius 3 is 2.77 bits per heavy atom. The highest BCUT2D eigenvalue weighted by atomic mass is 79.9. The molecule has 0 unspecified atom stereocenters. The topological polar surface area (TPSA) is 33.1 Å². The Bertz CT molecular complexity index is 468. The molecule has 13 heavy (non-hydrogen) atoms. The zero-order valence-electron chi connectivity index (χ0n) is 7.08. The standard InChI is InChI=1S/C10H8BrNO/c1-6-9(11)10(13)7-4-2-3-5-8(7)12-6/h2-5H,1H3,(H,12,13). The fourth-order valence-electron chi connectivity index (χ4n) is 1.29. The van der Waals surface area contributed by atoms with Crippen LogP contribution in [0.1, 0.15) is 5.69 Å². The van der Waals surface area contributed by atoms with Crippen molar-refractivity contribution in [3.63, 3.8) is 0 Å². The van der Waals surface area contributed by atoms with Crippen LogP contribution in [0, 0.1) is 6.92 Å². The lowest BCUT2D eigenvalue weighted by Crippen LogP contribution is -1.86. The molecule has 1 heterocycles. The van der Waals surface area contributed by atoms with Gasteiger partial charge in [-0.2, -0.15) is 0 Å². The summed E-state index contributed by atoms with van der Waals surface area (Å²) >= 11 is 3.29. The molecule has 0 spiro atoms. The molecule has 0 fully saturated rings. The number of aryl methyl sites for hydroxylation is 1. The molecule has 1 aromatic carbocycles. The summed E-state index contributed by atoms with van der Waals surface area (Å²) in [6, 6.07) is 7.52. The molecule has 1 aromatic heterocycles. The minimum Gasteiger partial charge on any atom is -0.506 e. The normalized spacial score (nSPS) is 10.6. The molecular weight excluding hydrogens is 230 g/mol. The zero-order chi connectivity index (χ0) is 9.42. The second kappa shape index (κ2) is 3.00. The molecule has 66 valence electrons. The molecule has 0 bridgehead atoms. The van der Waals surface area contributed by atoms with E-state index in [1.165, 1.54) is 0 Å². The van der Waals surface area contributed by atoms with Crippen molar-refractivity contribution in [2.24, 2.45) is 0 Å². The monoisotopic (exact) mass is 237 g/mol. The first kappa shape index (κ1) is 8.51. The number of pyridine rings is 1. The summed E-state index contributed by atoms with van der Waals surface area (Å²) in [7, 11) is 0. The molecule has 0 aliphatic rings. The van der Waals surface area contributed by atoms with E-state index in [2.05, 4.69) is 20.9 Å². The smallest absolute Gasteiger partial charge is 0.140 e. The molecule has 0 aliphatic heterocycles. The Morgan fingerprint density at radius 2 is 2.00 bits per heavy atom. The summed E-state index contributed by atoms with van der Waals surface area (Å²) in [6.45, 7) is 1.86. The largest absolute Gasteiger partial charge is 0.506 e. The first-order valence-electron chi connectivity index (χ1n) is 3.94. The summed E-state index contributed by atoms with van der Waals surface area (Å²) in [5, 5.41) is 10.5. The molecule has 0 atom stereocenters. The summed E-state index contributed by atoms with van der Waals surface area (Å²) in [6.07, 6.45) is 0. The third kappa shape index (κ3) is 1.29. The summed E-state index contributed by atoms with van der Waals surface area (Å²) < 4.78 is 0.672. The molecule has 0 saturated heterocycles. The number of benzene rings is 1. The van der Waals surface area contributed by atoms with E-state index in [1.54, 1.807) is 0 Å². The van der Waals surface area contributed by atoms with E-state index in [0.717, 1.165) is 16.6 Å². The highest BCUT2D eigenvalue weighted by Crippen LogP contribution is 2.33. The molecule has 1 N–H and O–H groups in total. The molecule has 3 heteroatoms. The number of nitrogens with zero attached hydrogens (tertiary/aromatic N) is 1. The minimum absolute atomic E-state index is 0.267. The highest BCUT2D eigenvalue weighted by molar-refractivity contribution is 9.10. The van der Waals surface area contributed by atoms with Crippen LogP contribution in [0.15, 0.2) is 28.7 Å². The third-order valence-electron chi connectivity index (χ3n) is 1.97. The second-order valence-corrected chi connectivity index (χ2v) is 3.67. The molecule has 0 aliphatic carbocycles. The van der Waals surface area contributed by atoms with Gasteiger partial charge < -0.3 is 5.11 Å². The van der Waals surface area contributed by atoms with Crippen LogP contribution in [0.25, 0.3) is 10.9 Å². The fraction of sp³-hybridized carbons (Fsp3) is 0.100. The number of halogens is 1. The summed E-state index contributed by atoms with van der Waals surface area (Å²) in [5.41, 5.74) is 1.62. The van der Waals surface area contributed by atoms with Gasteiger partial charge in [-0.3, -0.25) is 4.98 Å². The van der Waals surface area contributed by atoms with E-state index in [0.29, 0.717) is 4.47 Å². The van der Waals surface area contributed by atoms with Crippen molar-refractivity contribution in [2.75, 3.05) is 0 Å². The summed E-state index contributed by atoms with van der Waals surface area (Å²) in [4.78, 5) is 4.33. The van der Waals surface area contributed by atoms with Crippen molar-refractivity contribution in [1.29, 1.82) is 0 Å². The van der Waals surface area contributed by atoms with Crippen LogP contribution in [-0.4, -0.2) is 10.1 Å². The number of hydrogen-bond acceptors (Lipinski definition) is 2. The predicted octanol–water partition coefficient (Wildman–Crippen LogP) is 3.01. The average molecular weight is 238 g/mol. The molecule has 2 rings (SSSR count). The van der Waals surface area contributed by atoms with E-state index >= 15 is 0 Å². The fourth-order valence-corrected chi connectivity index (χ4v) is 1.59. The third-order valence-corrected chi connectivity index (χ3v) is 2.92. The van der Waals surface area contributed by atoms with E-state index in [-0.39, 0.29) is 5.75 Å². The number of fused-ring (bicyclic) bond motifs is 1. The van der Waals surface area contributed by atoms with Crippen LogP contribution in [0.4, 0.5) is 0 Å². The summed E-state index contributed by atoms with van der Waals surface area (Å²) in [5.74, 6) is 0.267. The molecule has 2 nitrogen and oxygen atoms in total. The van der Waals surface area contributed by atoms with Crippen LogP contribution >= 0.6 is 15.9 Å². The van der Waals surface area contributed by atoms with Crippen molar-refractivity contribution >= 4 is 26.8 Å². The van der Waals surface area contributed by atoms with Gasteiger partial charge in [0, 0.05) is 5.39 Å². The average Bonchev–Trinajstić information content (AvgIpc) is 2.15. The van der Waals surface area contributed by atoms with Gasteiger partial charge in [0.2, 0.25) is 0 Å². The zero-order valence-corrected chi connectivity index (χ0v) is 8.67. The van der Waals surface area contributed by atoms with Crippen LogP contribution in [0.5, 0.6) is 5.75 Å². The van der Waals surface area contributed by atoms with Crippen LogP contribution in [0.2, 0.25) is 0 Å². The molecular formula is C10H8BrNO. The van der Waals surface area contributed by atoms with E-state index in [4.69, 9.17) is 0 Å². The van der Waals surface area contributed by atoms with Gasteiger partial charge in [-0.05, 0) is 35.0 Å². The number of aromatic hydroxyl groups is 1. The maximum Gasteiger partial charge on any atom is 0.140 e. The quantitative estimate of drug-likeness (QED) is 0.765. The molecule has 0 amide bonds. The molecule has 0 saturated carbocycles. The first-order chi connectivity index (χ1) is 6.20. The van der Waals surface area contributed by atoms with Gasteiger partial charge in [0.1, 0.15) is 5.75 Å². The number of rotatable bonds is 0. The Labute approximate surface area is 84.4 Å². The van der Waals surface area contributed by atoms with Gasteiger partial charge in [-0.25, -0.2) is 0 Å². The number of para-hydroxylation sites is 1. The number of aromatic nitrogens is 1. The lowest BCUT2D eigenvalue weighted by molar-refractivity contribution is 0.477. The lowest BCUT2D eigenvalue weighted by Gasteiger charge is -2.04. The van der Waals surface area contributed by atoms with Crippen LogP contribution in [-0.2, 0) is 0 Å². The van der Waals surface area contributed by atoms with E-state index in [1.807, 2.05) is 31.2 Å².